The van der Waals surface area contributed by atoms with E-state index in [9.17, 15) is 19.2 Å². The molecule has 2 saturated heterocycles. The average Bonchev–Trinajstić information content (AvgIpc) is 4.00. The molecule has 4 amide bonds. The molecule has 0 bridgehead atoms. The van der Waals surface area contributed by atoms with Gasteiger partial charge in [-0.2, -0.15) is 0 Å². The zero-order chi connectivity index (χ0) is 34.8. The summed E-state index contributed by atoms with van der Waals surface area (Å²) in [5.41, 5.74) is 3.55. The summed E-state index contributed by atoms with van der Waals surface area (Å²) in [6.45, 7) is 6.16. The van der Waals surface area contributed by atoms with Gasteiger partial charge in [-0.05, 0) is 72.9 Å². The number of benzene rings is 3. The van der Waals surface area contributed by atoms with Crippen LogP contribution in [0.3, 0.4) is 0 Å². The van der Waals surface area contributed by atoms with Crippen molar-refractivity contribution in [3.8, 4) is 0 Å². The highest BCUT2D eigenvalue weighted by Gasteiger charge is 2.46. The Labute approximate surface area is 296 Å². The molecule has 8 atom stereocenters. The van der Waals surface area contributed by atoms with Gasteiger partial charge in [0.1, 0.15) is 0 Å². The fourth-order valence-corrected chi connectivity index (χ4v) is 8.54. The Hall–Kier alpha value is -4.46. The molecule has 50 heavy (non-hydrogen) atoms. The third-order valence-electron chi connectivity index (χ3n) is 11.5. The monoisotopic (exact) mass is 674 g/mol. The number of likely N-dealkylation sites (tertiary alicyclic amines) is 2. The lowest BCUT2D eigenvalue weighted by atomic mass is 9.91. The number of nitrogens with one attached hydrogen (secondary N) is 2. The number of amides is 4. The molecule has 2 N–H and O–H groups in total. The molecule has 2 saturated carbocycles. The molecule has 4 fully saturated rings. The first kappa shape index (κ1) is 34.0. The zero-order valence-electron chi connectivity index (χ0n) is 29.3. The van der Waals surface area contributed by atoms with Gasteiger partial charge in [0.15, 0.2) is 0 Å². The van der Waals surface area contributed by atoms with E-state index in [4.69, 9.17) is 0 Å². The van der Waals surface area contributed by atoms with Crippen molar-refractivity contribution >= 4 is 23.6 Å². The first-order valence-corrected chi connectivity index (χ1v) is 18.7. The molecule has 0 spiro atoms. The van der Waals surface area contributed by atoms with Gasteiger partial charge in [-0.3, -0.25) is 19.2 Å². The Morgan fingerprint density at radius 2 is 0.940 bits per heavy atom. The molecule has 8 nitrogen and oxygen atoms in total. The SMILES string of the molecule is CCCC1CN(C(=O)c2ccc(C(=O)N3CC(CCC)[C@H](C(=O)N[C@H]4C[C@@H]4c4ccccc4)C3)cc2)CC1C(=O)N[C@H]1C[C@@H]1c1ccccc1. The minimum atomic E-state index is -0.225. The number of nitrogens with zero attached hydrogens (tertiary/aromatic N) is 2. The van der Waals surface area contributed by atoms with Crippen LogP contribution in [0.25, 0.3) is 0 Å². The Balaban J connectivity index is 0.942. The van der Waals surface area contributed by atoms with Gasteiger partial charge in [0, 0.05) is 61.2 Å². The van der Waals surface area contributed by atoms with Crippen molar-refractivity contribution in [2.45, 2.75) is 76.3 Å². The van der Waals surface area contributed by atoms with Gasteiger partial charge in [-0.25, -0.2) is 0 Å². The van der Waals surface area contributed by atoms with E-state index in [0.717, 1.165) is 38.5 Å². The van der Waals surface area contributed by atoms with E-state index < -0.39 is 0 Å². The van der Waals surface area contributed by atoms with Gasteiger partial charge in [-0.15, -0.1) is 0 Å². The van der Waals surface area contributed by atoms with Gasteiger partial charge in [0.05, 0.1) is 11.8 Å². The first-order chi connectivity index (χ1) is 24.3. The van der Waals surface area contributed by atoms with Crippen LogP contribution in [0.4, 0.5) is 0 Å². The standard InChI is InChI=1S/C42H50N4O4/c1-3-11-31-23-45(25-35(31)39(47)43-37-21-33(37)27-13-7-5-8-14-27)41(49)29-17-19-30(20-18-29)42(50)46-24-32(12-4-2)36(26-46)40(48)44-38-22-34(38)28-15-9-6-10-16-28/h5-10,13-20,31-38H,3-4,11-12,21-26H2,1-2H3,(H,43,47)(H,44,48)/t31?,32?,33-,34-,35-,36?,37+,38+/m1/s1. The van der Waals surface area contributed by atoms with Gasteiger partial charge < -0.3 is 20.4 Å². The topological polar surface area (TPSA) is 98.8 Å². The van der Waals surface area contributed by atoms with Crippen LogP contribution in [-0.4, -0.2) is 71.7 Å². The van der Waals surface area contributed by atoms with E-state index in [1.165, 1.54) is 11.1 Å². The van der Waals surface area contributed by atoms with E-state index in [-0.39, 0.29) is 59.4 Å². The quantitative estimate of drug-likeness (QED) is 0.246. The molecule has 262 valence electrons. The lowest BCUT2D eigenvalue weighted by Gasteiger charge is -2.18. The van der Waals surface area contributed by atoms with Crippen LogP contribution in [-0.2, 0) is 9.59 Å². The number of hydrogen-bond acceptors (Lipinski definition) is 4. The van der Waals surface area contributed by atoms with E-state index >= 15 is 0 Å². The maximum Gasteiger partial charge on any atom is 0.253 e. The summed E-state index contributed by atoms with van der Waals surface area (Å²) in [6, 6.07) is 27.9. The highest BCUT2D eigenvalue weighted by molar-refractivity contribution is 5.98. The molecule has 2 aliphatic heterocycles. The maximum absolute atomic E-state index is 13.7. The maximum atomic E-state index is 13.7. The number of carbonyl (C=O) groups excluding carboxylic acids is 4. The van der Waals surface area contributed by atoms with Crippen LogP contribution >= 0.6 is 0 Å². The highest BCUT2D eigenvalue weighted by Crippen LogP contribution is 2.42. The molecule has 2 aliphatic carbocycles. The van der Waals surface area contributed by atoms with Gasteiger partial charge in [-0.1, -0.05) is 87.4 Å². The fourth-order valence-electron chi connectivity index (χ4n) is 8.54. The molecular weight excluding hydrogens is 624 g/mol. The van der Waals surface area contributed by atoms with Crippen molar-refractivity contribution < 1.29 is 19.2 Å². The van der Waals surface area contributed by atoms with Crippen molar-refractivity contribution in [2.24, 2.45) is 23.7 Å². The molecule has 3 unspecified atom stereocenters. The summed E-state index contributed by atoms with van der Waals surface area (Å²) in [7, 11) is 0. The third-order valence-corrected chi connectivity index (χ3v) is 11.5. The fraction of sp³-hybridized carbons (Fsp3) is 0.476. The number of rotatable bonds is 12. The largest absolute Gasteiger partial charge is 0.352 e. The smallest absolute Gasteiger partial charge is 0.253 e. The van der Waals surface area contributed by atoms with Crippen LogP contribution < -0.4 is 10.6 Å². The van der Waals surface area contributed by atoms with Crippen molar-refractivity contribution in [1.82, 2.24) is 20.4 Å². The van der Waals surface area contributed by atoms with Gasteiger partial charge in [0.2, 0.25) is 11.8 Å². The van der Waals surface area contributed by atoms with Gasteiger partial charge in [0.25, 0.3) is 11.8 Å². The van der Waals surface area contributed by atoms with E-state index in [2.05, 4.69) is 48.7 Å². The molecule has 4 aliphatic rings. The van der Waals surface area contributed by atoms with E-state index in [1.54, 1.807) is 24.3 Å². The minimum absolute atomic E-state index is 0.0512. The minimum Gasteiger partial charge on any atom is -0.352 e. The Morgan fingerprint density at radius 3 is 1.30 bits per heavy atom. The molecule has 8 heteroatoms. The van der Waals surface area contributed by atoms with Crippen LogP contribution in [0.2, 0.25) is 0 Å². The summed E-state index contributed by atoms with van der Waals surface area (Å²) >= 11 is 0. The summed E-state index contributed by atoms with van der Waals surface area (Å²) in [6.07, 6.45) is 5.60. The second kappa shape index (κ2) is 14.8. The van der Waals surface area contributed by atoms with Crippen molar-refractivity contribution in [3.05, 3.63) is 107 Å². The van der Waals surface area contributed by atoms with Gasteiger partial charge >= 0.3 is 0 Å². The summed E-state index contributed by atoms with van der Waals surface area (Å²) < 4.78 is 0. The third kappa shape index (κ3) is 7.35. The second-order valence-electron chi connectivity index (χ2n) is 15.0. The van der Waals surface area contributed by atoms with Crippen molar-refractivity contribution in [1.29, 1.82) is 0 Å². The van der Waals surface area contributed by atoms with E-state index in [0.29, 0.717) is 49.1 Å². The van der Waals surface area contributed by atoms with Crippen molar-refractivity contribution in [3.63, 3.8) is 0 Å². The Bertz CT molecular complexity index is 1550. The predicted octanol–water partition coefficient (Wildman–Crippen LogP) is 6.01. The Morgan fingerprint density at radius 1 is 0.560 bits per heavy atom. The van der Waals surface area contributed by atoms with Crippen LogP contribution in [0.1, 0.15) is 96.1 Å². The molecule has 3 aromatic carbocycles. The van der Waals surface area contributed by atoms with Crippen molar-refractivity contribution in [2.75, 3.05) is 26.2 Å². The lowest BCUT2D eigenvalue weighted by molar-refractivity contribution is -0.126. The molecular formula is C42H50N4O4. The normalized spacial score (nSPS) is 28.3. The molecule has 0 aromatic heterocycles. The summed E-state index contributed by atoms with van der Waals surface area (Å²) in [5.74, 6) is 0.412. The highest BCUT2D eigenvalue weighted by atomic mass is 16.2. The Kier molecular flexibility index (Phi) is 10.1. The summed E-state index contributed by atoms with van der Waals surface area (Å²) in [5, 5.41) is 6.55. The number of carbonyl (C=O) groups is 4. The molecule has 7 rings (SSSR count). The van der Waals surface area contributed by atoms with E-state index in [1.807, 2.05) is 46.2 Å². The first-order valence-electron chi connectivity index (χ1n) is 18.7. The summed E-state index contributed by atoms with van der Waals surface area (Å²) in [4.78, 5) is 57.9. The lowest BCUT2D eigenvalue weighted by Crippen LogP contribution is -2.37. The van der Waals surface area contributed by atoms with Crippen LogP contribution in [0.15, 0.2) is 84.9 Å². The average molecular weight is 675 g/mol. The molecule has 2 heterocycles. The zero-order valence-corrected chi connectivity index (χ0v) is 29.3. The molecule has 3 aromatic rings. The predicted molar refractivity (Wildman–Crippen MR) is 193 cm³/mol. The number of hydrogen-bond donors (Lipinski definition) is 2. The van der Waals surface area contributed by atoms with Crippen LogP contribution in [0, 0.1) is 23.7 Å². The van der Waals surface area contributed by atoms with Crippen LogP contribution in [0.5, 0.6) is 0 Å². The second-order valence-corrected chi connectivity index (χ2v) is 15.0. The molecule has 0 radical (unpaired) electrons.